The Hall–Kier alpha value is -0.390. The molecule has 0 saturated carbocycles. The lowest BCUT2D eigenvalue weighted by molar-refractivity contribution is 0.853. The van der Waals surface area contributed by atoms with Crippen molar-refractivity contribution in [2.75, 3.05) is 13.2 Å². The van der Waals surface area contributed by atoms with Gasteiger partial charge in [-0.15, -0.1) is 0 Å². The molecule has 0 amide bonds. The van der Waals surface area contributed by atoms with E-state index in [0.29, 0.717) is 0 Å². The van der Waals surface area contributed by atoms with Crippen LogP contribution in [0.3, 0.4) is 0 Å². The average Bonchev–Trinajstić information content (AvgIpc) is 2.48. The van der Waals surface area contributed by atoms with Crippen molar-refractivity contribution in [3.05, 3.63) is 34.7 Å². The highest BCUT2D eigenvalue weighted by atomic mass is 31.2. The van der Waals surface area contributed by atoms with Crippen molar-refractivity contribution in [3.8, 4) is 0 Å². The zero-order chi connectivity index (χ0) is 10.6. The van der Waals surface area contributed by atoms with Gasteiger partial charge in [0, 0.05) is 0 Å². The average molecular weight is 210 g/mol. The van der Waals surface area contributed by atoms with Crippen molar-refractivity contribution >= 4 is 7.26 Å². The predicted octanol–water partition coefficient (Wildman–Crippen LogP) is 3.71. The van der Waals surface area contributed by atoms with Gasteiger partial charge in [0.25, 0.3) is 0 Å². The normalized spacial score (nSPS) is 26.9. The first-order valence-electron chi connectivity index (χ1n) is 5.20. The summed E-state index contributed by atoms with van der Waals surface area (Å²) < 4.78 is 0. The third kappa shape index (κ3) is 2.80. The fraction of sp³-hybridized carbons (Fsp3) is 0.500. The number of unbranched alkanes of at least 4 members (excludes halogenated alkanes) is 1. The highest BCUT2D eigenvalue weighted by Crippen LogP contribution is 2.68. The largest absolute Gasteiger partial charge is 0.330 e. The predicted molar refractivity (Wildman–Crippen MR) is 67.8 cm³/mol. The molecule has 0 saturated heterocycles. The van der Waals surface area contributed by atoms with Gasteiger partial charge in [0.1, 0.15) is 0 Å². The van der Waals surface area contributed by atoms with Gasteiger partial charge in [0.05, 0.1) is 30.9 Å². The van der Waals surface area contributed by atoms with E-state index in [4.69, 9.17) is 5.73 Å². The molecule has 0 aliphatic carbocycles. The van der Waals surface area contributed by atoms with Crippen LogP contribution < -0.4 is 5.73 Å². The number of nitrogens with two attached hydrogens (primary N) is 1. The maximum absolute atomic E-state index is 5.48. The lowest BCUT2D eigenvalue weighted by Crippen LogP contribution is -1.96. The Balaban J connectivity index is 2.65. The molecular weight excluding hydrogens is 189 g/mol. The minimum Gasteiger partial charge on any atom is -0.330 e. The quantitative estimate of drug-likeness (QED) is 0.555. The molecule has 1 rings (SSSR count). The van der Waals surface area contributed by atoms with E-state index < -0.39 is 7.26 Å². The molecule has 1 aliphatic rings. The standard InChI is InChI=1S/C12H21NP/c1-11-7-9-14(3,10-11)12(2)6-4-5-8-13/h6-7,9-10H,4-5,8,13H2,1-3H3/q+1/b12-6+. The van der Waals surface area contributed by atoms with Crippen LogP contribution >= 0.6 is 7.26 Å². The van der Waals surface area contributed by atoms with Crippen molar-refractivity contribution < 1.29 is 0 Å². The van der Waals surface area contributed by atoms with Gasteiger partial charge < -0.3 is 5.73 Å². The van der Waals surface area contributed by atoms with E-state index in [-0.39, 0.29) is 0 Å². The van der Waals surface area contributed by atoms with Gasteiger partial charge in [0.15, 0.2) is 0 Å². The highest BCUT2D eigenvalue weighted by Gasteiger charge is 2.32. The Morgan fingerprint density at radius 1 is 1.57 bits per heavy atom. The van der Waals surface area contributed by atoms with E-state index in [9.17, 15) is 0 Å². The summed E-state index contributed by atoms with van der Waals surface area (Å²) in [6, 6.07) is 0. The molecule has 1 heterocycles. The zero-order valence-electron chi connectivity index (χ0n) is 9.46. The van der Waals surface area contributed by atoms with Gasteiger partial charge in [-0.3, -0.25) is 0 Å². The van der Waals surface area contributed by atoms with E-state index in [1.54, 1.807) is 5.31 Å². The molecule has 1 unspecified atom stereocenters. The van der Waals surface area contributed by atoms with Gasteiger partial charge in [-0.05, 0) is 51.0 Å². The Morgan fingerprint density at radius 2 is 2.29 bits per heavy atom. The summed E-state index contributed by atoms with van der Waals surface area (Å²) in [4.78, 5) is 0. The van der Waals surface area contributed by atoms with Gasteiger partial charge in [-0.2, -0.15) is 0 Å². The van der Waals surface area contributed by atoms with Crippen LogP contribution in [0.5, 0.6) is 0 Å². The molecule has 14 heavy (non-hydrogen) atoms. The van der Waals surface area contributed by atoms with Gasteiger partial charge >= 0.3 is 0 Å². The van der Waals surface area contributed by atoms with E-state index >= 15 is 0 Å². The van der Waals surface area contributed by atoms with Gasteiger partial charge in [-0.1, -0.05) is 0 Å². The summed E-state index contributed by atoms with van der Waals surface area (Å²) in [5.41, 5.74) is 6.89. The van der Waals surface area contributed by atoms with Crippen molar-refractivity contribution in [1.29, 1.82) is 0 Å². The number of hydrogen-bond acceptors (Lipinski definition) is 1. The molecule has 0 aromatic heterocycles. The third-order valence-corrected chi connectivity index (χ3v) is 6.14. The molecule has 0 aromatic carbocycles. The first kappa shape index (κ1) is 11.7. The zero-order valence-corrected chi connectivity index (χ0v) is 10.3. The van der Waals surface area contributed by atoms with Crippen LogP contribution in [0.4, 0.5) is 0 Å². The van der Waals surface area contributed by atoms with E-state index in [1.807, 2.05) is 0 Å². The highest BCUT2D eigenvalue weighted by molar-refractivity contribution is 7.85. The first-order valence-corrected chi connectivity index (χ1v) is 7.58. The minimum atomic E-state index is -1.03. The smallest absolute Gasteiger partial charge is 0.0890 e. The van der Waals surface area contributed by atoms with Crippen LogP contribution in [-0.4, -0.2) is 13.2 Å². The monoisotopic (exact) mass is 210 g/mol. The SMILES string of the molecule is CC1=C[P+](C)(/C(C)=C/CCCN)C=C1. The molecule has 1 aliphatic heterocycles. The Labute approximate surface area is 88.1 Å². The number of hydrogen-bond donors (Lipinski definition) is 1. The summed E-state index contributed by atoms with van der Waals surface area (Å²) in [5.74, 6) is 4.82. The Kier molecular flexibility index (Phi) is 4.10. The molecule has 0 bridgehead atoms. The summed E-state index contributed by atoms with van der Waals surface area (Å²) in [5, 5.41) is 1.54. The van der Waals surface area contributed by atoms with Crippen LogP contribution in [0.25, 0.3) is 0 Å². The van der Waals surface area contributed by atoms with Crippen molar-refractivity contribution in [2.45, 2.75) is 26.7 Å². The summed E-state index contributed by atoms with van der Waals surface area (Å²) in [6.07, 6.45) is 6.83. The lowest BCUT2D eigenvalue weighted by Gasteiger charge is -2.11. The Morgan fingerprint density at radius 3 is 2.79 bits per heavy atom. The number of rotatable bonds is 4. The second-order valence-electron chi connectivity index (χ2n) is 4.11. The molecule has 1 nitrogen and oxygen atoms in total. The molecule has 0 aromatic rings. The molecule has 2 N–H and O–H groups in total. The van der Waals surface area contributed by atoms with Crippen molar-refractivity contribution in [1.82, 2.24) is 0 Å². The topological polar surface area (TPSA) is 26.0 Å². The van der Waals surface area contributed by atoms with E-state index in [0.717, 1.165) is 19.4 Å². The van der Waals surface area contributed by atoms with Crippen LogP contribution in [0.1, 0.15) is 26.7 Å². The fourth-order valence-electron chi connectivity index (χ4n) is 1.63. The molecule has 0 fully saturated rings. The summed E-state index contributed by atoms with van der Waals surface area (Å²) >= 11 is 0. The number of allylic oxidation sites excluding steroid dienone is 4. The van der Waals surface area contributed by atoms with Gasteiger partial charge in [-0.25, -0.2) is 0 Å². The molecule has 2 heteroatoms. The Bertz CT molecular complexity index is 289. The molecule has 0 radical (unpaired) electrons. The van der Waals surface area contributed by atoms with Crippen molar-refractivity contribution in [2.24, 2.45) is 5.73 Å². The minimum absolute atomic E-state index is 0.795. The van der Waals surface area contributed by atoms with Gasteiger partial charge in [0.2, 0.25) is 0 Å². The molecule has 0 spiro atoms. The second-order valence-corrected chi connectivity index (χ2v) is 7.67. The van der Waals surface area contributed by atoms with E-state index in [2.05, 4.69) is 44.3 Å². The maximum Gasteiger partial charge on any atom is 0.0890 e. The summed E-state index contributed by atoms with van der Waals surface area (Å²) in [7, 11) is -1.03. The first-order chi connectivity index (χ1) is 6.58. The van der Waals surface area contributed by atoms with Crippen LogP contribution in [0.2, 0.25) is 0 Å². The molecule has 78 valence electrons. The summed E-state index contributed by atoms with van der Waals surface area (Å²) in [6.45, 7) is 7.59. The maximum atomic E-state index is 5.48. The second kappa shape index (κ2) is 4.91. The fourth-order valence-corrected chi connectivity index (χ4v) is 4.15. The van der Waals surface area contributed by atoms with Crippen LogP contribution in [0.15, 0.2) is 34.7 Å². The van der Waals surface area contributed by atoms with E-state index in [1.165, 1.54) is 5.57 Å². The van der Waals surface area contributed by atoms with Crippen molar-refractivity contribution in [3.63, 3.8) is 0 Å². The lowest BCUT2D eigenvalue weighted by atomic mass is 10.3. The molecular formula is C12H21NP+. The van der Waals surface area contributed by atoms with Crippen LogP contribution in [0, 0.1) is 0 Å². The van der Waals surface area contributed by atoms with Crippen LogP contribution in [-0.2, 0) is 0 Å². The third-order valence-electron chi connectivity index (χ3n) is 2.73. The molecule has 1 atom stereocenters.